The molecule has 0 spiro atoms. The first-order valence-electron chi connectivity index (χ1n) is 6.99. The Morgan fingerprint density at radius 1 is 1.30 bits per heavy atom. The van der Waals surface area contributed by atoms with Crippen molar-refractivity contribution in [3.05, 3.63) is 42.1 Å². The molecule has 0 saturated heterocycles. The van der Waals surface area contributed by atoms with Gasteiger partial charge in [0.1, 0.15) is 0 Å². The second-order valence-corrected chi connectivity index (χ2v) is 6.47. The van der Waals surface area contributed by atoms with Crippen LogP contribution in [0.4, 0.5) is 0 Å². The number of rotatable bonds is 7. The second kappa shape index (κ2) is 8.33. The van der Waals surface area contributed by atoms with Gasteiger partial charge in [0.25, 0.3) is 0 Å². The molecule has 0 aliphatic rings. The van der Waals surface area contributed by atoms with Crippen molar-refractivity contribution in [2.24, 2.45) is 0 Å². The first-order chi connectivity index (χ1) is 10.9. The summed E-state index contributed by atoms with van der Waals surface area (Å²) in [4.78, 5) is 21.4. The zero-order chi connectivity index (χ0) is 16.7. The molecule has 1 aromatic heterocycles. The third kappa shape index (κ3) is 6.60. The molecule has 23 heavy (non-hydrogen) atoms. The van der Waals surface area contributed by atoms with Crippen molar-refractivity contribution in [1.82, 2.24) is 15.6 Å². The Morgan fingerprint density at radius 2 is 2.09 bits per heavy atom. The minimum absolute atomic E-state index is 0.0332. The molecule has 124 valence electrons. The van der Waals surface area contributed by atoms with E-state index in [0.29, 0.717) is 24.6 Å². The van der Waals surface area contributed by atoms with E-state index in [4.69, 9.17) is 22.0 Å². The molecule has 0 aliphatic carbocycles. The van der Waals surface area contributed by atoms with E-state index in [1.165, 1.54) is 0 Å². The molecule has 2 rings (SSSR count). The molecular formula is C14H18N3O4PS. The summed E-state index contributed by atoms with van der Waals surface area (Å²) in [7, 11) is -4.39. The molecule has 0 aliphatic heterocycles. The van der Waals surface area contributed by atoms with Gasteiger partial charge in [-0.15, -0.1) is 0 Å². The summed E-state index contributed by atoms with van der Waals surface area (Å²) in [5, 5.41) is 7.54. The summed E-state index contributed by atoms with van der Waals surface area (Å²) >= 11 is 5.14. The molecule has 9 heteroatoms. The number of phosphoric acid groups is 1. The lowest BCUT2D eigenvalue weighted by molar-refractivity contribution is 0.195. The Balaban J connectivity index is 1.70. The zero-order valence-corrected chi connectivity index (χ0v) is 14.0. The van der Waals surface area contributed by atoms with Crippen LogP contribution in [0, 0.1) is 0 Å². The first-order valence-corrected chi connectivity index (χ1v) is 8.93. The van der Waals surface area contributed by atoms with Crippen molar-refractivity contribution in [2.75, 3.05) is 13.2 Å². The number of aromatic nitrogens is 1. The third-order valence-corrected chi connectivity index (χ3v) is 3.77. The number of phosphoric ester groups is 1. The summed E-state index contributed by atoms with van der Waals surface area (Å²) in [5.41, 5.74) is 1.96. The molecule has 0 amide bonds. The number of hydrogen-bond acceptors (Lipinski definition) is 4. The van der Waals surface area contributed by atoms with E-state index in [-0.39, 0.29) is 6.61 Å². The minimum Gasteiger partial charge on any atom is -0.363 e. The van der Waals surface area contributed by atoms with E-state index in [1.54, 1.807) is 6.20 Å². The highest BCUT2D eigenvalue weighted by Gasteiger charge is 2.12. The average molecular weight is 355 g/mol. The molecule has 0 unspecified atom stereocenters. The van der Waals surface area contributed by atoms with Gasteiger partial charge >= 0.3 is 7.82 Å². The van der Waals surface area contributed by atoms with Crippen molar-refractivity contribution in [3.8, 4) is 0 Å². The monoisotopic (exact) mass is 355 g/mol. The van der Waals surface area contributed by atoms with Crippen LogP contribution in [-0.2, 0) is 15.6 Å². The number of fused-ring (bicyclic) bond motifs is 1. The van der Waals surface area contributed by atoms with Gasteiger partial charge in [-0.25, -0.2) is 4.57 Å². The second-order valence-electron chi connectivity index (χ2n) is 4.82. The predicted octanol–water partition coefficient (Wildman–Crippen LogP) is 1.70. The van der Waals surface area contributed by atoms with Crippen LogP contribution in [0.1, 0.15) is 12.0 Å². The summed E-state index contributed by atoms with van der Waals surface area (Å²) in [6.07, 6.45) is 2.23. The van der Waals surface area contributed by atoms with Crippen LogP contribution in [0.5, 0.6) is 0 Å². The standard InChI is InChI=1S/C14H18N3O4PS/c18-22(19,20)21-7-3-6-15-14(23)17-10-11-8-12-4-1-2-5-13(12)16-9-11/h1-2,4-5,8-9H,3,6-7,10H2,(H2,15,17,23)(H2,18,19,20). The highest BCUT2D eigenvalue weighted by Crippen LogP contribution is 2.35. The Labute approximate surface area is 139 Å². The maximum absolute atomic E-state index is 10.5. The van der Waals surface area contributed by atoms with E-state index in [9.17, 15) is 4.57 Å². The van der Waals surface area contributed by atoms with Crippen molar-refractivity contribution < 1.29 is 18.9 Å². The van der Waals surface area contributed by atoms with Crippen LogP contribution in [0.2, 0.25) is 0 Å². The van der Waals surface area contributed by atoms with Gasteiger partial charge in [0, 0.05) is 24.7 Å². The molecule has 0 saturated carbocycles. The normalized spacial score (nSPS) is 11.4. The molecule has 0 atom stereocenters. The van der Waals surface area contributed by atoms with Gasteiger partial charge in [0.2, 0.25) is 0 Å². The molecule has 0 bridgehead atoms. The van der Waals surface area contributed by atoms with Crippen LogP contribution >= 0.6 is 20.0 Å². The largest absolute Gasteiger partial charge is 0.469 e. The number of thiocarbonyl (C=S) groups is 1. The van der Waals surface area contributed by atoms with Crippen molar-refractivity contribution in [1.29, 1.82) is 0 Å². The molecule has 0 radical (unpaired) electrons. The lowest BCUT2D eigenvalue weighted by Crippen LogP contribution is -2.35. The number of nitrogens with zero attached hydrogens (tertiary/aromatic N) is 1. The Bertz CT molecular complexity index is 722. The highest BCUT2D eigenvalue weighted by atomic mass is 32.1. The van der Waals surface area contributed by atoms with Crippen molar-refractivity contribution >= 4 is 36.1 Å². The highest BCUT2D eigenvalue weighted by molar-refractivity contribution is 7.80. The number of pyridine rings is 1. The van der Waals surface area contributed by atoms with Gasteiger partial charge in [-0.05, 0) is 36.3 Å². The number of benzene rings is 1. The van der Waals surface area contributed by atoms with Gasteiger partial charge in [0.05, 0.1) is 12.1 Å². The lowest BCUT2D eigenvalue weighted by atomic mass is 10.1. The predicted molar refractivity (Wildman–Crippen MR) is 91.8 cm³/mol. The summed E-state index contributed by atoms with van der Waals surface area (Å²) in [5.74, 6) is 0. The fourth-order valence-electron chi connectivity index (χ4n) is 1.92. The van der Waals surface area contributed by atoms with E-state index in [2.05, 4.69) is 20.1 Å². The minimum atomic E-state index is -4.39. The SMILES string of the molecule is O=P(O)(O)OCCCNC(=S)NCc1cnc2ccccc2c1. The lowest BCUT2D eigenvalue weighted by Gasteiger charge is -2.11. The van der Waals surface area contributed by atoms with Gasteiger partial charge in [0.15, 0.2) is 5.11 Å². The molecular weight excluding hydrogens is 337 g/mol. The smallest absolute Gasteiger partial charge is 0.363 e. The van der Waals surface area contributed by atoms with Crippen LogP contribution in [0.25, 0.3) is 10.9 Å². The van der Waals surface area contributed by atoms with E-state index in [1.807, 2.05) is 30.3 Å². The fourth-order valence-corrected chi connectivity index (χ4v) is 2.46. The average Bonchev–Trinajstić information content (AvgIpc) is 2.51. The van der Waals surface area contributed by atoms with Gasteiger partial charge in [-0.1, -0.05) is 18.2 Å². The van der Waals surface area contributed by atoms with E-state index in [0.717, 1.165) is 16.5 Å². The van der Waals surface area contributed by atoms with Crippen LogP contribution in [-0.4, -0.2) is 33.0 Å². The van der Waals surface area contributed by atoms with Crippen LogP contribution < -0.4 is 10.6 Å². The van der Waals surface area contributed by atoms with Gasteiger partial charge in [-0.2, -0.15) is 0 Å². The Hall–Kier alpha value is -1.57. The molecule has 7 nitrogen and oxygen atoms in total. The molecule has 0 fully saturated rings. The molecule has 4 N–H and O–H groups in total. The van der Waals surface area contributed by atoms with Gasteiger partial charge < -0.3 is 20.4 Å². The third-order valence-electron chi connectivity index (χ3n) is 2.97. The quantitative estimate of drug-likeness (QED) is 0.338. The first kappa shape index (κ1) is 17.8. The molecule has 2 aromatic rings. The van der Waals surface area contributed by atoms with E-state index >= 15 is 0 Å². The zero-order valence-electron chi connectivity index (χ0n) is 12.3. The number of para-hydroxylation sites is 1. The summed E-state index contributed by atoms with van der Waals surface area (Å²) in [6, 6.07) is 9.92. The maximum Gasteiger partial charge on any atom is 0.469 e. The Kier molecular flexibility index (Phi) is 6.44. The van der Waals surface area contributed by atoms with Crippen molar-refractivity contribution in [3.63, 3.8) is 0 Å². The topological polar surface area (TPSA) is 104 Å². The maximum atomic E-state index is 10.5. The van der Waals surface area contributed by atoms with Crippen molar-refractivity contribution in [2.45, 2.75) is 13.0 Å². The van der Waals surface area contributed by atoms with Crippen LogP contribution in [0.15, 0.2) is 36.5 Å². The van der Waals surface area contributed by atoms with E-state index < -0.39 is 7.82 Å². The number of nitrogens with one attached hydrogen (secondary N) is 2. The van der Waals surface area contributed by atoms with Crippen LogP contribution in [0.3, 0.4) is 0 Å². The molecule has 1 heterocycles. The summed E-state index contributed by atoms with van der Waals surface area (Å²) in [6.45, 7) is 0.971. The number of hydrogen-bond donors (Lipinski definition) is 4. The van der Waals surface area contributed by atoms with Gasteiger partial charge in [-0.3, -0.25) is 9.51 Å². The molecule has 1 aromatic carbocycles. The summed E-state index contributed by atoms with van der Waals surface area (Å²) < 4.78 is 14.8. The fraction of sp³-hybridized carbons (Fsp3) is 0.286. The Morgan fingerprint density at radius 3 is 2.87 bits per heavy atom.